The number of fused-ring (bicyclic) bond motifs is 1. The standard InChI is InChI=1S/C18H19ClN2O3S/c19-16-7-3-4-8-17(16)21-18(22)12-20-25(23,24)15-10-9-13-5-1-2-6-14(13)11-15/h3-4,7-11,20H,1-2,5-6,12H2,(H,21,22). The number of hydrogen-bond acceptors (Lipinski definition) is 3. The maximum absolute atomic E-state index is 12.4. The topological polar surface area (TPSA) is 75.3 Å². The molecule has 5 nitrogen and oxygen atoms in total. The molecule has 0 spiro atoms. The molecule has 0 atom stereocenters. The van der Waals surface area contributed by atoms with Crippen LogP contribution in [0.2, 0.25) is 5.02 Å². The minimum atomic E-state index is -3.74. The number of nitrogens with one attached hydrogen (secondary N) is 2. The highest BCUT2D eigenvalue weighted by atomic mass is 35.5. The van der Waals surface area contributed by atoms with Gasteiger partial charge in [-0.05, 0) is 61.1 Å². The number of hydrogen-bond donors (Lipinski definition) is 2. The zero-order valence-corrected chi connectivity index (χ0v) is 15.2. The fourth-order valence-electron chi connectivity index (χ4n) is 2.88. The van der Waals surface area contributed by atoms with Crippen LogP contribution >= 0.6 is 11.6 Å². The zero-order chi connectivity index (χ0) is 17.9. The van der Waals surface area contributed by atoms with E-state index in [4.69, 9.17) is 11.6 Å². The smallest absolute Gasteiger partial charge is 0.241 e. The molecule has 2 aromatic rings. The predicted octanol–water partition coefficient (Wildman–Crippen LogP) is 3.14. The van der Waals surface area contributed by atoms with Gasteiger partial charge in [0.2, 0.25) is 15.9 Å². The van der Waals surface area contributed by atoms with Gasteiger partial charge in [-0.25, -0.2) is 13.1 Å². The largest absolute Gasteiger partial charge is 0.324 e. The number of halogens is 1. The van der Waals surface area contributed by atoms with Crippen LogP contribution in [-0.4, -0.2) is 20.9 Å². The average molecular weight is 379 g/mol. The monoisotopic (exact) mass is 378 g/mol. The van der Waals surface area contributed by atoms with Crippen LogP contribution in [-0.2, 0) is 27.7 Å². The maximum Gasteiger partial charge on any atom is 0.241 e. The lowest BCUT2D eigenvalue weighted by molar-refractivity contribution is -0.115. The van der Waals surface area contributed by atoms with E-state index in [0.29, 0.717) is 10.7 Å². The van der Waals surface area contributed by atoms with E-state index in [0.717, 1.165) is 31.2 Å². The molecule has 0 heterocycles. The summed E-state index contributed by atoms with van der Waals surface area (Å²) in [5.74, 6) is -0.477. The van der Waals surface area contributed by atoms with E-state index >= 15 is 0 Å². The number of sulfonamides is 1. The number of para-hydroxylation sites is 1. The summed E-state index contributed by atoms with van der Waals surface area (Å²) in [4.78, 5) is 12.2. The number of carbonyl (C=O) groups excluding carboxylic acids is 1. The van der Waals surface area contributed by atoms with E-state index in [1.54, 1.807) is 36.4 Å². The Hall–Kier alpha value is -1.89. The lowest BCUT2D eigenvalue weighted by atomic mass is 9.92. The fraction of sp³-hybridized carbons (Fsp3) is 0.278. The molecule has 0 saturated carbocycles. The van der Waals surface area contributed by atoms with Gasteiger partial charge in [0.25, 0.3) is 0 Å². The van der Waals surface area contributed by atoms with Gasteiger partial charge < -0.3 is 5.32 Å². The number of anilines is 1. The summed E-state index contributed by atoms with van der Waals surface area (Å²) < 4.78 is 27.2. The van der Waals surface area contributed by atoms with Crippen molar-refractivity contribution in [2.75, 3.05) is 11.9 Å². The summed E-state index contributed by atoms with van der Waals surface area (Å²) in [7, 11) is -3.74. The first-order valence-electron chi connectivity index (χ1n) is 8.11. The fourth-order valence-corrected chi connectivity index (χ4v) is 4.09. The molecule has 2 aromatic carbocycles. The van der Waals surface area contributed by atoms with Gasteiger partial charge in [-0.3, -0.25) is 4.79 Å². The third-order valence-corrected chi connectivity index (χ3v) is 5.93. The summed E-state index contributed by atoms with van der Waals surface area (Å²) in [6.07, 6.45) is 4.10. The van der Waals surface area contributed by atoms with E-state index in [2.05, 4.69) is 10.0 Å². The number of amides is 1. The summed E-state index contributed by atoms with van der Waals surface area (Å²) in [6, 6.07) is 12.0. The molecule has 2 N–H and O–H groups in total. The van der Waals surface area contributed by atoms with Crippen LogP contribution in [0.1, 0.15) is 24.0 Å². The zero-order valence-electron chi connectivity index (χ0n) is 13.6. The van der Waals surface area contributed by atoms with Crippen LogP contribution in [0.5, 0.6) is 0 Å². The van der Waals surface area contributed by atoms with Gasteiger partial charge in [-0.2, -0.15) is 0 Å². The van der Waals surface area contributed by atoms with Gasteiger partial charge in [0.1, 0.15) is 0 Å². The Morgan fingerprint density at radius 1 is 1.04 bits per heavy atom. The molecule has 0 unspecified atom stereocenters. The Labute approximate surface area is 152 Å². The average Bonchev–Trinajstić information content (AvgIpc) is 2.62. The molecule has 0 aromatic heterocycles. The second-order valence-electron chi connectivity index (χ2n) is 5.99. The van der Waals surface area contributed by atoms with Crippen molar-refractivity contribution in [2.24, 2.45) is 0 Å². The number of carbonyl (C=O) groups is 1. The van der Waals surface area contributed by atoms with Crippen LogP contribution in [0.4, 0.5) is 5.69 Å². The SMILES string of the molecule is O=C(CNS(=O)(=O)c1ccc2c(c1)CCCC2)Nc1ccccc1Cl. The highest BCUT2D eigenvalue weighted by Gasteiger charge is 2.18. The normalized spacial score (nSPS) is 14.0. The Balaban J connectivity index is 1.65. The summed E-state index contributed by atoms with van der Waals surface area (Å²) in [6.45, 7) is -0.357. The molecular weight excluding hydrogens is 360 g/mol. The minimum absolute atomic E-state index is 0.193. The second kappa shape index (κ2) is 7.56. The minimum Gasteiger partial charge on any atom is -0.324 e. The van der Waals surface area contributed by atoms with Crippen molar-refractivity contribution < 1.29 is 13.2 Å². The molecule has 1 aliphatic carbocycles. The van der Waals surface area contributed by atoms with Crippen LogP contribution in [0.3, 0.4) is 0 Å². The van der Waals surface area contributed by atoms with E-state index in [9.17, 15) is 13.2 Å². The van der Waals surface area contributed by atoms with Gasteiger partial charge >= 0.3 is 0 Å². The Bertz CT molecular complexity index is 897. The highest BCUT2D eigenvalue weighted by Crippen LogP contribution is 2.24. The first-order valence-corrected chi connectivity index (χ1v) is 9.98. The van der Waals surface area contributed by atoms with Crippen LogP contribution in [0, 0.1) is 0 Å². The number of rotatable bonds is 5. The Morgan fingerprint density at radius 3 is 2.52 bits per heavy atom. The van der Waals surface area contributed by atoms with Crippen molar-refractivity contribution >= 4 is 33.2 Å². The third-order valence-electron chi connectivity index (χ3n) is 4.20. The molecule has 7 heteroatoms. The molecule has 3 rings (SSSR count). The predicted molar refractivity (Wildman–Crippen MR) is 98.4 cm³/mol. The quantitative estimate of drug-likeness (QED) is 0.839. The van der Waals surface area contributed by atoms with Gasteiger partial charge in [0.15, 0.2) is 0 Å². The number of benzene rings is 2. The molecule has 0 aliphatic heterocycles. The first kappa shape index (κ1) is 17.9. The van der Waals surface area contributed by atoms with E-state index in [1.165, 1.54) is 5.56 Å². The summed E-state index contributed by atoms with van der Waals surface area (Å²) in [5.41, 5.74) is 2.73. The molecular formula is C18H19ClN2O3S. The van der Waals surface area contributed by atoms with Crippen LogP contribution in [0.25, 0.3) is 0 Å². The van der Waals surface area contributed by atoms with Crippen molar-refractivity contribution in [2.45, 2.75) is 30.6 Å². The number of aryl methyl sites for hydroxylation is 2. The lowest BCUT2D eigenvalue weighted by Crippen LogP contribution is -2.33. The van der Waals surface area contributed by atoms with Crippen molar-refractivity contribution in [1.29, 1.82) is 0 Å². The Morgan fingerprint density at radius 2 is 1.76 bits per heavy atom. The van der Waals surface area contributed by atoms with Gasteiger partial charge in [0, 0.05) is 0 Å². The van der Waals surface area contributed by atoms with Crippen molar-refractivity contribution in [3.8, 4) is 0 Å². The van der Waals surface area contributed by atoms with Crippen LogP contribution < -0.4 is 10.0 Å². The van der Waals surface area contributed by atoms with Gasteiger partial charge in [-0.15, -0.1) is 0 Å². The van der Waals surface area contributed by atoms with Gasteiger partial charge in [-0.1, -0.05) is 29.8 Å². The molecule has 1 aliphatic rings. The van der Waals surface area contributed by atoms with Crippen molar-refractivity contribution in [3.05, 3.63) is 58.6 Å². The summed E-state index contributed by atoms with van der Waals surface area (Å²) in [5, 5.41) is 2.98. The molecule has 1 amide bonds. The molecule has 0 radical (unpaired) electrons. The van der Waals surface area contributed by atoms with E-state index in [-0.39, 0.29) is 11.4 Å². The Kier molecular flexibility index (Phi) is 5.42. The summed E-state index contributed by atoms with van der Waals surface area (Å²) >= 11 is 5.97. The molecule has 0 fully saturated rings. The van der Waals surface area contributed by atoms with Crippen molar-refractivity contribution in [3.63, 3.8) is 0 Å². The van der Waals surface area contributed by atoms with Crippen LogP contribution in [0.15, 0.2) is 47.4 Å². The molecule has 25 heavy (non-hydrogen) atoms. The van der Waals surface area contributed by atoms with E-state index in [1.807, 2.05) is 6.07 Å². The third kappa shape index (κ3) is 4.39. The first-order chi connectivity index (χ1) is 12.0. The van der Waals surface area contributed by atoms with Crippen molar-refractivity contribution in [1.82, 2.24) is 4.72 Å². The van der Waals surface area contributed by atoms with Gasteiger partial charge in [0.05, 0.1) is 22.2 Å². The van der Waals surface area contributed by atoms with E-state index < -0.39 is 15.9 Å². The molecule has 0 saturated heterocycles. The lowest BCUT2D eigenvalue weighted by Gasteiger charge is -2.16. The molecule has 132 valence electrons. The molecule has 0 bridgehead atoms. The highest BCUT2D eigenvalue weighted by molar-refractivity contribution is 7.89. The second-order valence-corrected chi connectivity index (χ2v) is 8.16. The maximum atomic E-state index is 12.4.